The van der Waals surface area contributed by atoms with Gasteiger partial charge in [0.1, 0.15) is 5.75 Å². The third-order valence-electron chi connectivity index (χ3n) is 3.89. The van der Waals surface area contributed by atoms with Crippen molar-refractivity contribution in [2.75, 3.05) is 33.3 Å². The minimum Gasteiger partial charge on any atom is -0.497 e. The van der Waals surface area contributed by atoms with Crippen LogP contribution >= 0.6 is 0 Å². The van der Waals surface area contributed by atoms with Crippen molar-refractivity contribution >= 4 is 5.91 Å². The van der Waals surface area contributed by atoms with Crippen molar-refractivity contribution in [1.82, 2.24) is 10.2 Å². The van der Waals surface area contributed by atoms with E-state index in [2.05, 4.69) is 5.32 Å². The van der Waals surface area contributed by atoms with Gasteiger partial charge in [-0.15, -0.1) is 0 Å². The van der Waals surface area contributed by atoms with Gasteiger partial charge in [0.2, 0.25) is 0 Å². The summed E-state index contributed by atoms with van der Waals surface area (Å²) in [5, 5.41) is 2.80. The summed E-state index contributed by atoms with van der Waals surface area (Å²) in [6.07, 6.45) is -2.63. The number of carbonyl (C=O) groups is 1. The van der Waals surface area contributed by atoms with Crippen LogP contribution in [0.1, 0.15) is 23.2 Å². The van der Waals surface area contributed by atoms with Gasteiger partial charge in [-0.1, -0.05) is 6.07 Å². The van der Waals surface area contributed by atoms with Crippen LogP contribution in [0.15, 0.2) is 24.3 Å². The number of piperidine rings is 1. The lowest BCUT2D eigenvalue weighted by Gasteiger charge is -2.33. The van der Waals surface area contributed by atoms with Gasteiger partial charge in [0, 0.05) is 18.7 Å². The van der Waals surface area contributed by atoms with Crippen LogP contribution in [-0.2, 0) is 0 Å². The molecule has 7 heteroatoms. The zero-order valence-electron chi connectivity index (χ0n) is 13.0. The zero-order valence-corrected chi connectivity index (χ0v) is 13.0. The number of halogens is 3. The molecule has 1 fully saturated rings. The zero-order chi connectivity index (χ0) is 16.9. The molecule has 1 aliphatic rings. The maximum Gasteiger partial charge on any atom is 0.401 e. The third kappa shape index (κ3) is 5.74. The highest BCUT2D eigenvalue weighted by Gasteiger charge is 2.33. The van der Waals surface area contributed by atoms with Crippen molar-refractivity contribution in [2.45, 2.75) is 19.0 Å². The van der Waals surface area contributed by atoms with Gasteiger partial charge in [-0.25, -0.2) is 0 Å². The Bertz CT molecular complexity index is 534. The molecule has 1 aromatic rings. The first kappa shape index (κ1) is 17.6. The molecule has 0 radical (unpaired) electrons. The van der Waals surface area contributed by atoms with Crippen LogP contribution in [0.2, 0.25) is 0 Å². The molecule has 1 heterocycles. The number of nitrogens with zero attached hydrogens (tertiary/aromatic N) is 1. The molecule has 23 heavy (non-hydrogen) atoms. The fourth-order valence-corrected chi connectivity index (χ4v) is 2.82. The standard InChI is InChI=1S/C16H21F3N2O2/c1-23-14-6-2-5-13(8-14)15(22)20-9-12-4-3-7-21(10-12)11-16(17,18)19/h2,5-6,8,12H,3-4,7,9-11H2,1H3,(H,20,22)/t12-/m0/s1. The van der Waals surface area contributed by atoms with Crippen molar-refractivity contribution < 1.29 is 22.7 Å². The Kier molecular flexibility index (Phi) is 5.87. The normalized spacial score (nSPS) is 19.4. The van der Waals surface area contributed by atoms with Gasteiger partial charge >= 0.3 is 6.18 Å². The van der Waals surface area contributed by atoms with E-state index in [1.165, 1.54) is 12.0 Å². The van der Waals surface area contributed by atoms with E-state index < -0.39 is 12.7 Å². The second-order valence-corrected chi connectivity index (χ2v) is 5.80. The molecular formula is C16H21F3N2O2. The second kappa shape index (κ2) is 7.68. The molecule has 4 nitrogen and oxygen atoms in total. The number of benzene rings is 1. The molecule has 1 amide bonds. The Morgan fingerprint density at radius 2 is 2.22 bits per heavy atom. The summed E-state index contributed by atoms with van der Waals surface area (Å²) in [5.74, 6) is 0.393. The molecular weight excluding hydrogens is 309 g/mol. The second-order valence-electron chi connectivity index (χ2n) is 5.80. The van der Waals surface area contributed by atoms with Crippen LogP contribution in [0.25, 0.3) is 0 Å². The number of likely N-dealkylation sites (tertiary alicyclic amines) is 1. The van der Waals surface area contributed by atoms with E-state index in [9.17, 15) is 18.0 Å². The van der Waals surface area contributed by atoms with E-state index in [4.69, 9.17) is 4.74 Å². The quantitative estimate of drug-likeness (QED) is 0.902. The van der Waals surface area contributed by atoms with Gasteiger partial charge < -0.3 is 10.1 Å². The fourth-order valence-electron chi connectivity index (χ4n) is 2.82. The highest BCUT2D eigenvalue weighted by atomic mass is 19.4. The number of hydrogen-bond donors (Lipinski definition) is 1. The van der Waals surface area contributed by atoms with E-state index >= 15 is 0 Å². The summed E-state index contributed by atoms with van der Waals surface area (Å²) in [6.45, 7) is 0.315. The molecule has 0 spiro atoms. The van der Waals surface area contributed by atoms with Gasteiger partial charge in [-0.05, 0) is 43.5 Å². The smallest absolute Gasteiger partial charge is 0.401 e. The minimum atomic E-state index is -4.17. The summed E-state index contributed by atoms with van der Waals surface area (Å²) in [6, 6.07) is 6.77. The number of amides is 1. The van der Waals surface area contributed by atoms with Crippen molar-refractivity contribution in [1.29, 1.82) is 0 Å². The van der Waals surface area contributed by atoms with Crippen LogP contribution in [0, 0.1) is 5.92 Å². The predicted molar refractivity (Wildman–Crippen MR) is 80.5 cm³/mol. The number of nitrogens with one attached hydrogen (secondary N) is 1. The highest BCUT2D eigenvalue weighted by molar-refractivity contribution is 5.94. The first-order valence-electron chi connectivity index (χ1n) is 7.59. The van der Waals surface area contributed by atoms with Crippen LogP contribution < -0.4 is 10.1 Å². The number of carbonyl (C=O) groups excluding carboxylic acids is 1. The Morgan fingerprint density at radius 1 is 1.43 bits per heavy atom. The number of ether oxygens (including phenoxy) is 1. The van der Waals surface area contributed by atoms with Crippen LogP contribution in [0.5, 0.6) is 5.75 Å². The van der Waals surface area contributed by atoms with E-state index in [0.717, 1.165) is 12.8 Å². The van der Waals surface area contributed by atoms with Gasteiger partial charge in [0.05, 0.1) is 13.7 Å². The summed E-state index contributed by atoms with van der Waals surface area (Å²) < 4.78 is 42.4. The molecule has 128 valence electrons. The minimum absolute atomic E-state index is 0.0423. The Labute approximate surface area is 133 Å². The summed E-state index contributed by atoms with van der Waals surface area (Å²) in [7, 11) is 1.52. The van der Waals surface area contributed by atoms with Crippen LogP contribution in [0.3, 0.4) is 0 Å². The Balaban J connectivity index is 1.83. The summed E-state index contributed by atoms with van der Waals surface area (Å²) in [4.78, 5) is 13.5. The highest BCUT2D eigenvalue weighted by Crippen LogP contribution is 2.22. The summed E-state index contributed by atoms with van der Waals surface area (Å²) in [5.41, 5.74) is 0.479. The predicted octanol–water partition coefficient (Wildman–Crippen LogP) is 2.70. The van der Waals surface area contributed by atoms with Crippen molar-refractivity contribution in [3.8, 4) is 5.75 Å². The van der Waals surface area contributed by atoms with Crippen LogP contribution in [-0.4, -0.2) is 50.3 Å². The number of hydrogen-bond acceptors (Lipinski definition) is 3. The molecule has 2 rings (SSSR count). The number of rotatable bonds is 5. The van der Waals surface area contributed by atoms with Gasteiger partial charge in [-0.2, -0.15) is 13.2 Å². The van der Waals surface area contributed by atoms with E-state index in [1.54, 1.807) is 24.3 Å². The number of alkyl halides is 3. The van der Waals surface area contributed by atoms with Crippen molar-refractivity contribution in [3.05, 3.63) is 29.8 Å². The summed E-state index contributed by atoms with van der Waals surface area (Å²) >= 11 is 0. The molecule has 1 atom stereocenters. The van der Waals surface area contributed by atoms with Gasteiger partial charge in [-0.3, -0.25) is 9.69 Å². The first-order chi connectivity index (χ1) is 10.9. The number of methoxy groups -OCH3 is 1. The van der Waals surface area contributed by atoms with E-state index in [-0.39, 0.29) is 11.8 Å². The maximum atomic E-state index is 12.5. The largest absolute Gasteiger partial charge is 0.497 e. The van der Waals surface area contributed by atoms with Crippen LogP contribution in [0.4, 0.5) is 13.2 Å². The van der Waals surface area contributed by atoms with Crippen molar-refractivity contribution in [2.24, 2.45) is 5.92 Å². The molecule has 0 bridgehead atoms. The lowest BCUT2D eigenvalue weighted by atomic mass is 9.98. The monoisotopic (exact) mass is 330 g/mol. The molecule has 0 aliphatic carbocycles. The molecule has 0 aromatic heterocycles. The Morgan fingerprint density at radius 3 is 2.91 bits per heavy atom. The molecule has 1 aromatic carbocycles. The third-order valence-corrected chi connectivity index (χ3v) is 3.89. The average Bonchev–Trinajstić information content (AvgIpc) is 2.51. The molecule has 1 saturated heterocycles. The molecule has 0 unspecified atom stereocenters. The fraction of sp³-hybridized carbons (Fsp3) is 0.562. The molecule has 0 saturated carbocycles. The van der Waals surface area contributed by atoms with Gasteiger partial charge in [0.25, 0.3) is 5.91 Å². The molecule has 1 aliphatic heterocycles. The SMILES string of the molecule is COc1cccc(C(=O)NC[C@@H]2CCCN(CC(F)(F)F)C2)c1. The molecule has 1 N–H and O–H groups in total. The average molecular weight is 330 g/mol. The lowest BCUT2D eigenvalue weighted by molar-refractivity contribution is -0.149. The first-order valence-corrected chi connectivity index (χ1v) is 7.59. The van der Waals surface area contributed by atoms with Crippen molar-refractivity contribution in [3.63, 3.8) is 0 Å². The lowest BCUT2D eigenvalue weighted by Crippen LogP contribution is -2.44. The van der Waals surface area contributed by atoms with Gasteiger partial charge in [0.15, 0.2) is 0 Å². The van der Waals surface area contributed by atoms with E-state index in [0.29, 0.717) is 30.9 Å². The Hall–Kier alpha value is -1.76. The maximum absolute atomic E-state index is 12.5. The van der Waals surface area contributed by atoms with E-state index in [1.807, 2.05) is 0 Å². The topological polar surface area (TPSA) is 41.6 Å².